The number of nitrogens with zero attached hydrogens (tertiary/aromatic N) is 3. The molecule has 0 radical (unpaired) electrons. The van der Waals surface area contributed by atoms with Crippen LogP contribution in [0.4, 0.5) is 0 Å². The normalized spacial score (nSPS) is 21.7. The first kappa shape index (κ1) is 19.5. The average Bonchev–Trinajstić information content (AvgIpc) is 3.42. The number of amides is 2. The molecule has 0 unspecified atom stereocenters. The van der Waals surface area contributed by atoms with Crippen LogP contribution in [0.5, 0.6) is 5.75 Å². The average molecular weight is 396 g/mol. The highest BCUT2D eigenvalue weighted by Gasteiger charge is 2.45. The molecule has 2 aromatic rings. The number of carbonyl (C=O) groups excluding carboxylic acids is 2. The first-order valence-corrected chi connectivity index (χ1v) is 10.2. The molecule has 4 rings (SSSR count). The fourth-order valence-corrected chi connectivity index (χ4v) is 4.19. The van der Waals surface area contributed by atoms with Crippen molar-refractivity contribution in [1.29, 1.82) is 0 Å². The van der Waals surface area contributed by atoms with Gasteiger partial charge in [-0.2, -0.15) is 5.10 Å². The number of aryl methyl sites for hydroxylation is 1. The Balaban J connectivity index is 1.23. The van der Waals surface area contributed by atoms with Gasteiger partial charge in [-0.05, 0) is 36.8 Å². The molecular formula is C22H28N4O3. The molecule has 0 bridgehead atoms. The van der Waals surface area contributed by atoms with Gasteiger partial charge < -0.3 is 15.0 Å². The lowest BCUT2D eigenvalue weighted by molar-refractivity contribution is -0.131. The summed E-state index contributed by atoms with van der Waals surface area (Å²) >= 11 is 0. The minimum Gasteiger partial charge on any atom is -0.496 e. The van der Waals surface area contributed by atoms with Gasteiger partial charge >= 0.3 is 0 Å². The van der Waals surface area contributed by atoms with E-state index in [9.17, 15) is 9.59 Å². The summed E-state index contributed by atoms with van der Waals surface area (Å²) in [5, 5.41) is 7.38. The zero-order valence-corrected chi connectivity index (χ0v) is 17.0. The van der Waals surface area contributed by atoms with Gasteiger partial charge in [-0.15, -0.1) is 0 Å². The smallest absolute Gasteiger partial charge is 0.227 e. The number of para-hydroxylation sites is 1. The van der Waals surface area contributed by atoms with E-state index >= 15 is 0 Å². The van der Waals surface area contributed by atoms with Crippen molar-refractivity contribution in [3.8, 4) is 5.75 Å². The van der Waals surface area contributed by atoms with Crippen LogP contribution in [0.15, 0.2) is 36.7 Å². The lowest BCUT2D eigenvalue weighted by atomic mass is 10.0. The fourth-order valence-electron chi connectivity index (χ4n) is 4.19. The quantitative estimate of drug-likeness (QED) is 0.809. The Bertz CT molecular complexity index is 886. The van der Waals surface area contributed by atoms with E-state index in [0.29, 0.717) is 25.4 Å². The summed E-state index contributed by atoms with van der Waals surface area (Å²) in [5.74, 6) is 1.35. The molecule has 2 heterocycles. The van der Waals surface area contributed by atoms with Crippen molar-refractivity contribution >= 4 is 11.8 Å². The SMILES string of the molecule is COc1ccccc1CC(=O)N1CCC(NC(=O)[C@@H]2C[C@H]2c2cnn(C)c2)CC1. The highest BCUT2D eigenvalue weighted by molar-refractivity contribution is 5.83. The van der Waals surface area contributed by atoms with Crippen molar-refractivity contribution in [3.05, 3.63) is 47.8 Å². The lowest BCUT2D eigenvalue weighted by Gasteiger charge is -2.32. The number of methoxy groups -OCH3 is 1. The third kappa shape index (κ3) is 4.44. The standard InChI is InChI=1S/C22H28N4O3/c1-25-14-16(13-23-25)18-12-19(18)22(28)24-17-7-9-26(10-8-17)21(27)11-15-5-3-4-6-20(15)29-2/h3-6,13-14,17-19H,7-12H2,1-2H3,(H,24,28)/t18-,19+/m0/s1. The summed E-state index contributed by atoms with van der Waals surface area (Å²) in [5.41, 5.74) is 2.05. The highest BCUT2D eigenvalue weighted by atomic mass is 16.5. The monoisotopic (exact) mass is 396 g/mol. The number of benzene rings is 1. The number of hydrogen-bond acceptors (Lipinski definition) is 4. The maximum atomic E-state index is 12.7. The molecule has 1 saturated heterocycles. The van der Waals surface area contributed by atoms with Gasteiger partial charge in [0.25, 0.3) is 0 Å². The van der Waals surface area contributed by atoms with Gasteiger partial charge in [0.1, 0.15) is 5.75 Å². The van der Waals surface area contributed by atoms with Crippen LogP contribution in [0.3, 0.4) is 0 Å². The van der Waals surface area contributed by atoms with Crippen molar-refractivity contribution in [1.82, 2.24) is 20.0 Å². The Kier molecular flexibility index (Phi) is 5.56. The van der Waals surface area contributed by atoms with Crippen molar-refractivity contribution in [2.45, 2.75) is 37.6 Å². The Morgan fingerprint density at radius 1 is 1.24 bits per heavy atom. The molecule has 2 aliphatic rings. The Morgan fingerprint density at radius 2 is 2.00 bits per heavy atom. The molecule has 1 N–H and O–H groups in total. The minimum atomic E-state index is 0.0596. The zero-order chi connectivity index (χ0) is 20.4. The molecule has 7 heteroatoms. The van der Waals surface area contributed by atoms with Gasteiger partial charge in [0.05, 0.1) is 19.7 Å². The number of piperidine rings is 1. The Hall–Kier alpha value is -2.83. The number of aromatic nitrogens is 2. The van der Waals surface area contributed by atoms with Gasteiger partial charge in [-0.25, -0.2) is 0 Å². The molecule has 1 aromatic carbocycles. The first-order chi connectivity index (χ1) is 14.0. The fraction of sp³-hybridized carbons (Fsp3) is 0.500. The molecule has 154 valence electrons. The topological polar surface area (TPSA) is 76.5 Å². The number of carbonyl (C=O) groups is 2. The van der Waals surface area contributed by atoms with Gasteiger partial charge in [0, 0.05) is 43.9 Å². The van der Waals surface area contributed by atoms with Gasteiger partial charge in [-0.1, -0.05) is 18.2 Å². The molecule has 2 atom stereocenters. The molecule has 2 amide bonds. The van der Waals surface area contributed by atoms with E-state index in [-0.39, 0.29) is 23.8 Å². The van der Waals surface area contributed by atoms with Crippen molar-refractivity contribution in [2.24, 2.45) is 13.0 Å². The van der Waals surface area contributed by atoms with Crippen molar-refractivity contribution in [2.75, 3.05) is 20.2 Å². The Morgan fingerprint density at radius 3 is 2.69 bits per heavy atom. The minimum absolute atomic E-state index is 0.0596. The third-order valence-electron chi connectivity index (χ3n) is 6.01. The van der Waals surface area contributed by atoms with E-state index in [0.717, 1.165) is 36.1 Å². The van der Waals surface area contributed by atoms with Crippen LogP contribution in [0.2, 0.25) is 0 Å². The summed E-state index contributed by atoms with van der Waals surface area (Å²) in [7, 11) is 3.51. The number of nitrogens with one attached hydrogen (secondary N) is 1. The van der Waals surface area contributed by atoms with Gasteiger partial charge in [0.15, 0.2) is 0 Å². The van der Waals surface area contributed by atoms with E-state index < -0.39 is 0 Å². The molecule has 29 heavy (non-hydrogen) atoms. The molecule has 0 spiro atoms. The molecule has 7 nitrogen and oxygen atoms in total. The number of ether oxygens (including phenoxy) is 1. The summed E-state index contributed by atoms with van der Waals surface area (Å²) in [6.07, 6.45) is 6.68. The van der Waals surface area contributed by atoms with Crippen LogP contribution in [0.25, 0.3) is 0 Å². The molecular weight excluding hydrogens is 368 g/mol. The zero-order valence-electron chi connectivity index (χ0n) is 17.0. The van der Waals surface area contributed by atoms with E-state index in [1.807, 2.05) is 48.6 Å². The van der Waals surface area contributed by atoms with E-state index in [2.05, 4.69) is 10.4 Å². The summed E-state index contributed by atoms with van der Waals surface area (Å²) in [6.45, 7) is 1.35. The first-order valence-electron chi connectivity index (χ1n) is 10.2. The van der Waals surface area contributed by atoms with E-state index in [4.69, 9.17) is 4.74 Å². The molecule has 1 aromatic heterocycles. The summed E-state index contributed by atoms with van der Waals surface area (Å²) in [6, 6.07) is 7.77. The van der Waals surface area contributed by atoms with Crippen LogP contribution in [-0.4, -0.2) is 52.7 Å². The molecule has 1 aliphatic heterocycles. The van der Waals surface area contributed by atoms with Crippen LogP contribution >= 0.6 is 0 Å². The van der Waals surface area contributed by atoms with Gasteiger partial charge in [-0.3, -0.25) is 14.3 Å². The predicted molar refractivity (Wildman–Crippen MR) is 108 cm³/mol. The second-order valence-corrected chi connectivity index (χ2v) is 8.05. The largest absolute Gasteiger partial charge is 0.496 e. The predicted octanol–water partition coefficient (Wildman–Crippen LogP) is 1.88. The second kappa shape index (κ2) is 8.27. The highest BCUT2D eigenvalue weighted by Crippen LogP contribution is 2.47. The Labute approximate surface area is 171 Å². The van der Waals surface area contributed by atoms with Crippen molar-refractivity contribution < 1.29 is 14.3 Å². The van der Waals surface area contributed by atoms with Crippen LogP contribution in [0, 0.1) is 5.92 Å². The molecule has 2 fully saturated rings. The second-order valence-electron chi connectivity index (χ2n) is 8.05. The lowest BCUT2D eigenvalue weighted by Crippen LogP contribution is -2.47. The summed E-state index contributed by atoms with van der Waals surface area (Å²) < 4.78 is 7.12. The van der Waals surface area contributed by atoms with E-state index in [1.165, 1.54) is 0 Å². The van der Waals surface area contributed by atoms with Crippen molar-refractivity contribution in [3.63, 3.8) is 0 Å². The number of hydrogen-bond donors (Lipinski definition) is 1. The summed E-state index contributed by atoms with van der Waals surface area (Å²) in [4.78, 5) is 27.1. The maximum absolute atomic E-state index is 12.7. The van der Waals surface area contributed by atoms with Gasteiger partial charge in [0.2, 0.25) is 11.8 Å². The van der Waals surface area contributed by atoms with Crippen LogP contribution in [-0.2, 0) is 23.1 Å². The number of likely N-dealkylation sites (tertiary alicyclic amines) is 1. The molecule has 1 saturated carbocycles. The third-order valence-corrected chi connectivity index (χ3v) is 6.01. The van der Waals surface area contributed by atoms with Crippen LogP contribution in [0.1, 0.15) is 36.3 Å². The van der Waals surface area contributed by atoms with E-state index in [1.54, 1.807) is 11.8 Å². The maximum Gasteiger partial charge on any atom is 0.227 e. The number of rotatable bonds is 6. The molecule has 1 aliphatic carbocycles. The van der Waals surface area contributed by atoms with Crippen LogP contribution < -0.4 is 10.1 Å².